The van der Waals surface area contributed by atoms with Crippen molar-refractivity contribution in [1.29, 1.82) is 0 Å². The number of hydrogen-bond donors (Lipinski definition) is 2. The molecule has 0 fully saturated rings. The summed E-state index contributed by atoms with van der Waals surface area (Å²) in [6.45, 7) is 13.4. The van der Waals surface area contributed by atoms with Crippen molar-refractivity contribution in [3.8, 4) is 0 Å². The van der Waals surface area contributed by atoms with Crippen LogP contribution in [-0.4, -0.2) is 47.6 Å². The largest absolute Gasteiger partial charge is 0.370 e. The Balaban J connectivity index is 2.67. The van der Waals surface area contributed by atoms with Gasteiger partial charge in [0.1, 0.15) is 17.5 Å². The molecule has 0 unspecified atom stereocenters. The number of hydrogen-bond acceptors (Lipinski definition) is 5. The molecule has 0 aliphatic rings. The van der Waals surface area contributed by atoms with Crippen LogP contribution in [0.25, 0.3) is 0 Å². The van der Waals surface area contributed by atoms with Crippen LogP contribution in [-0.2, 0) is 0 Å². The summed E-state index contributed by atoms with van der Waals surface area (Å²) >= 11 is 0. The Kier molecular flexibility index (Phi) is 6.71. The lowest BCUT2D eigenvalue weighted by Crippen LogP contribution is -2.31. The van der Waals surface area contributed by atoms with Gasteiger partial charge in [0.05, 0.1) is 0 Å². The van der Waals surface area contributed by atoms with Crippen LogP contribution in [0.4, 0.5) is 11.6 Å². The molecule has 1 rings (SSSR count). The molecule has 0 aliphatic carbocycles. The van der Waals surface area contributed by atoms with Gasteiger partial charge in [-0.15, -0.1) is 0 Å². The molecule has 0 aromatic carbocycles. The summed E-state index contributed by atoms with van der Waals surface area (Å²) in [4.78, 5) is 11.3. The summed E-state index contributed by atoms with van der Waals surface area (Å²) in [5.74, 6) is 2.68. The quantitative estimate of drug-likeness (QED) is 0.766. The molecular weight excluding hydrogens is 250 g/mol. The van der Waals surface area contributed by atoms with Gasteiger partial charge in [-0.25, -0.2) is 9.97 Å². The van der Waals surface area contributed by atoms with Gasteiger partial charge < -0.3 is 15.5 Å². The number of nitrogens with zero attached hydrogens (tertiary/aromatic N) is 3. The van der Waals surface area contributed by atoms with Crippen LogP contribution >= 0.6 is 0 Å². The second-order valence-electron chi connectivity index (χ2n) is 5.52. The fourth-order valence-electron chi connectivity index (χ4n) is 1.82. The van der Waals surface area contributed by atoms with E-state index in [9.17, 15) is 0 Å². The number of aromatic nitrogens is 2. The summed E-state index contributed by atoms with van der Waals surface area (Å²) in [6, 6.07) is 0.562. The third-order valence-electron chi connectivity index (χ3n) is 3.44. The van der Waals surface area contributed by atoms with Gasteiger partial charge >= 0.3 is 0 Å². The zero-order valence-corrected chi connectivity index (χ0v) is 13.7. The average Bonchev–Trinajstić information content (AvgIpc) is 2.40. The van der Waals surface area contributed by atoms with Crippen LogP contribution in [0.15, 0.2) is 0 Å². The number of nitrogens with one attached hydrogen (secondary N) is 2. The Labute approximate surface area is 123 Å². The van der Waals surface area contributed by atoms with Crippen molar-refractivity contribution in [2.45, 2.75) is 47.1 Å². The van der Waals surface area contributed by atoms with Crippen LogP contribution in [0.2, 0.25) is 0 Å². The van der Waals surface area contributed by atoms with E-state index in [0.717, 1.165) is 49.1 Å². The number of aryl methyl sites for hydroxylation is 1. The minimum absolute atomic E-state index is 0.562. The molecule has 5 heteroatoms. The standard InChI is InChI=1S/C15H29N5/c1-7-8-16-14-12(4)15(19-13(5)18-14)17-9-10-20(6)11(2)3/h11H,7-10H2,1-6H3,(H2,16,17,18,19). The van der Waals surface area contributed by atoms with E-state index in [1.54, 1.807) is 0 Å². The van der Waals surface area contributed by atoms with E-state index < -0.39 is 0 Å². The topological polar surface area (TPSA) is 53.1 Å². The minimum Gasteiger partial charge on any atom is -0.370 e. The van der Waals surface area contributed by atoms with Gasteiger partial charge in [0.2, 0.25) is 0 Å². The number of likely N-dealkylation sites (N-methyl/N-ethyl adjacent to an activating group) is 1. The molecule has 1 heterocycles. The summed E-state index contributed by atoms with van der Waals surface area (Å²) in [7, 11) is 2.14. The third kappa shape index (κ3) is 4.96. The van der Waals surface area contributed by atoms with Crippen molar-refractivity contribution in [2.75, 3.05) is 37.3 Å². The zero-order valence-electron chi connectivity index (χ0n) is 13.7. The fourth-order valence-corrected chi connectivity index (χ4v) is 1.82. The van der Waals surface area contributed by atoms with Crippen molar-refractivity contribution in [3.05, 3.63) is 11.4 Å². The lowest BCUT2D eigenvalue weighted by Gasteiger charge is -2.21. The molecule has 114 valence electrons. The van der Waals surface area contributed by atoms with E-state index in [4.69, 9.17) is 0 Å². The maximum atomic E-state index is 4.50. The lowest BCUT2D eigenvalue weighted by molar-refractivity contribution is 0.284. The summed E-state index contributed by atoms with van der Waals surface area (Å²) < 4.78 is 0. The molecule has 0 spiro atoms. The molecule has 1 aromatic rings. The van der Waals surface area contributed by atoms with Gasteiger partial charge in [-0.2, -0.15) is 0 Å². The monoisotopic (exact) mass is 279 g/mol. The van der Waals surface area contributed by atoms with Gasteiger partial charge in [-0.3, -0.25) is 0 Å². The molecule has 0 bridgehead atoms. The van der Waals surface area contributed by atoms with E-state index in [0.29, 0.717) is 6.04 Å². The second-order valence-corrected chi connectivity index (χ2v) is 5.52. The van der Waals surface area contributed by atoms with Crippen LogP contribution in [0.1, 0.15) is 38.6 Å². The van der Waals surface area contributed by atoms with E-state index >= 15 is 0 Å². The van der Waals surface area contributed by atoms with Crippen LogP contribution in [0.3, 0.4) is 0 Å². The van der Waals surface area contributed by atoms with Gasteiger partial charge in [0.25, 0.3) is 0 Å². The third-order valence-corrected chi connectivity index (χ3v) is 3.44. The predicted molar refractivity (Wildman–Crippen MR) is 86.5 cm³/mol. The van der Waals surface area contributed by atoms with Crippen LogP contribution < -0.4 is 10.6 Å². The van der Waals surface area contributed by atoms with Gasteiger partial charge in [-0.1, -0.05) is 6.92 Å². The van der Waals surface area contributed by atoms with Crippen molar-refractivity contribution >= 4 is 11.6 Å². The van der Waals surface area contributed by atoms with Gasteiger partial charge in [0.15, 0.2) is 0 Å². The molecule has 1 aromatic heterocycles. The molecule has 0 atom stereocenters. The first-order valence-electron chi connectivity index (χ1n) is 7.48. The van der Waals surface area contributed by atoms with Crippen molar-refractivity contribution in [3.63, 3.8) is 0 Å². The second kappa shape index (κ2) is 8.04. The highest BCUT2D eigenvalue weighted by atomic mass is 15.1. The normalized spacial score (nSPS) is 11.2. The van der Waals surface area contributed by atoms with E-state index in [1.165, 1.54) is 0 Å². The molecule has 0 radical (unpaired) electrons. The number of rotatable bonds is 8. The first kappa shape index (κ1) is 16.7. The number of anilines is 2. The molecule has 0 saturated carbocycles. The van der Waals surface area contributed by atoms with Crippen molar-refractivity contribution < 1.29 is 0 Å². The smallest absolute Gasteiger partial charge is 0.134 e. The zero-order chi connectivity index (χ0) is 15.1. The van der Waals surface area contributed by atoms with Crippen LogP contribution in [0, 0.1) is 13.8 Å². The van der Waals surface area contributed by atoms with E-state index in [2.05, 4.69) is 60.2 Å². The lowest BCUT2D eigenvalue weighted by atomic mass is 10.3. The fraction of sp³-hybridized carbons (Fsp3) is 0.733. The summed E-state index contributed by atoms with van der Waals surface area (Å²) in [5.41, 5.74) is 1.09. The molecule has 0 amide bonds. The summed E-state index contributed by atoms with van der Waals surface area (Å²) in [6.07, 6.45) is 1.09. The first-order chi connectivity index (χ1) is 9.45. The Hall–Kier alpha value is -1.36. The SMILES string of the molecule is CCCNc1nc(C)nc(NCCN(C)C(C)C)c1C. The van der Waals surface area contributed by atoms with E-state index in [-0.39, 0.29) is 0 Å². The summed E-state index contributed by atoms with van der Waals surface area (Å²) in [5, 5.41) is 6.78. The molecule has 5 nitrogen and oxygen atoms in total. The molecule has 0 aliphatic heterocycles. The van der Waals surface area contributed by atoms with Crippen molar-refractivity contribution in [2.24, 2.45) is 0 Å². The maximum Gasteiger partial charge on any atom is 0.134 e. The molecule has 2 N–H and O–H groups in total. The highest BCUT2D eigenvalue weighted by Crippen LogP contribution is 2.19. The van der Waals surface area contributed by atoms with Crippen LogP contribution in [0.5, 0.6) is 0 Å². The van der Waals surface area contributed by atoms with Crippen molar-refractivity contribution in [1.82, 2.24) is 14.9 Å². The molecule has 20 heavy (non-hydrogen) atoms. The highest BCUT2D eigenvalue weighted by Gasteiger charge is 2.09. The maximum absolute atomic E-state index is 4.50. The highest BCUT2D eigenvalue weighted by molar-refractivity contribution is 5.57. The van der Waals surface area contributed by atoms with Gasteiger partial charge in [-0.05, 0) is 41.2 Å². The minimum atomic E-state index is 0.562. The average molecular weight is 279 g/mol. The van der Waals surface area contributed by atoms with Gasteiger partial charge in [0, 0.05) is 31.2 Å². The Morgan fingerprint density at radius 2 is 1.60 bits per heavy atom. The molecule has 0 saturated heterocycles. The molecular formula is C15H29N5. The first-order valence-corrected chi connectivity index (χ1v) is 7.48. The Morgan fingerprint density at radius 1 is 1.05 bits per heavy atom. The Bertz CT molecular complexity index is 417. The predicted octanol–water partition coefficient (Wildman–Crippen LogP) is 2.67. The van der Waals surface area contributed by atoms with E-state index in [1.807, 2.05) is 6.92 Å². The Morgan fingerprint density at radius 3 is 2.10 bits per heavy atom.